The molecular weight excluding hydrogens is 525 g/mol. The number of hydrogen-bond acceptors (Lipinski definition) is 5. The van der Waals surface area contributed by atoms with Crippen LogP contribution in [-0.4, -0.2) is 48.1 Å². The molecule has 0 N–H and O–H groups in total. The number of imidazole rings is 1. The molecule has 1 atom stereocenters. The van der Waals surface area contributed by atoms with E-state index in [1.54, 1.807) is 24.5 Å². The Kier molecular flexibility index (Phi) is 7.93. The second-order valence-electron chi connectivity index (χ2n) is 8.22. The van der Waals surface area contributed by atoms with Gasteiger partial charge < -0.3 is 9.30 Å². The van der Waals surface area contributed by atoms with E-state index < -0.39 is 50.4 Å². The smallest absolute Gasteiger partial charge is 0.243 e. The molecule has 1 aliphatic rings. The zero-order valence-electron chi connectivity index (χ0n) is 19.5. The SMILES string of the molecule is CCN(CC)S(=O)(=O)c1ccc2c(c1)nc(SCc1c(F)c(F)c(F)c(F)c1F)n2C[C@H]1CCCO1. The Morgan fingerprint density at radius 1 is 1.06 bits per heavy atom. The van der Waals surface area contributed by atoms with Crippen molar-refractivity contribution in [2.45, 2.75) is 55.1 Å². The first-order valence-corrected chi connectivity index (χ1v) is 13.8. The zero-order valence-corrected chi connectivity index (χ0v) is 21.2. The Labute approximate surface area is 209 Å². The Morgan fingerprint density at radius 2 is 1.69 bits per heavy atom. The van der Waals surface area contributed by atoms with E-state index in [-0.39, 0.29) is 29.2 Å². The lowest BCUT2D eigenvalue weighted by Gasteiger charge is -2.18. The summed E-state index contributed by atoms with van der Waals surface area (Å²) < 4.78 is 104. The van der Waals surface area contributed by atoms with Crippen molar-refractivity contribution in [2.75, 3.05) is 19.7 Å². The van der Waals surface area contributed by atoms with Crippen LogP contribution in [0, 0.1) is 29.1 Å². The van der Waals surface area contributed by atoms with Crippen LogP contribution in [0.25, 0.3) is 11.0 Å². The van der Waals surface area contributed by atoms with Gasteiger partial charge in [-0.3, -0.25) is 0 Å². The van der Waals surface area contributed by atoms with Crippen molar-refractivity contribution in [1.82, 2.24) is 13.9 Å². The molecule has 4 rings (SSSR count). The van der Waals surface area contributed by atoms with Crippen molar-refractivity contribution in [1.29, 1.82) is 0 Å². The number of benzene rings is 2. The number of aromatic nitrogens is 2. The number of sulfonamides is 1. The minimum Gasteiger partial charge on any atom is -0.376 e. The molecule has 2 heterocycles. The maximum absolute atomic E-state index is 14.2. The van der Waals surface area contributed by atoms with Crippen molar-refractivity contribution < 1.29 is 35.1 Å². The molecule has 1 aliphatic heterocycles. The number of thioether (sulfide) groups is 1. The van der Waals surface area contributed by atoms with Crippen molar-refractivity contribution in [3.63, 3.8) is 0 Å². The van der Waals surface area contributed by atoms with Gasteiger partial charge in [-0.05, 0) is 31.0 Å². The third-order valence-electron chi connectivity index (χ3n) is 6.08. The minimum atomic E-state index is -3.76. The standard InChI is InChI=1S/C23H24F5N3O3S2/c1-3-30(4-2)36(32,33)14-7-8-17-16(10-14)29-23(31(17)11-13-6-5-9-34-13)35-12-15-18(24)20(26)22(28)21(27)19(15)25/h7-8,10,13H,3-6,9,11-12H2,1-2H3/t13-/m1/s1. The van der Waals surface area contributed by atoms with Crippen LogP contribution in [0.15, 0.2) is 28.3 Å². The second kappa shape index (κ2) is 10.6. The fourth-order valence-electron chi connectivity index (χ4n) is 4.15. The summed E-state index contributed by atoms with van der Waals surface area (Å²) in [5, 5.41) is 0.238. The molecule has 0 radical (unpaired) electrons. The molecular formula is C23H24F5N3O3S2. The summed E-state index contributed by atoms with van der Waals surface area (Å²) in [6, 6.07) is 4.47. The number of hydrogen-bond donors (Lipinski definition) is 0. The Bertz CT molecular complexity index is 1360. The molecule has 13 heteroatoms. The van der Waals surface area contributed by atoms with Crippen LogP contribution in [0.4, 0.5) is 22.0 Å². The van der Waals surface area contributed by atoms with Gasteiger partial charge in [0.1, 0.15) is 0 Å². The van der Waals surface area contributed by atoms with Gasteiger partial charge in [-0.2, -0.15) is 4.31 Å². The minimum absolute atomic E-state index is 0.0387. The molecule has 0 saturated carbocycles. The molecule has 6 nitrogen and oxygen atoms in total. The summed E-state index contributed by atoms with van der Waals surface area (Å²) >= 11 is 0.790. The van der Waals surface area contributed by atoms with Crippen LogP contribution in [0.5, 0.6) is 0 Å². The summed E-state index contributed by atoms with van der Waals surface area (Å²) in [6.45, 7) is 4.93. The van der Waals surface area contributed by atoms with Crippen molar-refractivity contribution in [3.05, 3.63) is 52.8 Å². The molecule has 3 aromatic rings. The molecule has 1 aromatic heterocycles. The predicted octanol–water partition coefficient (Wildman–Crippen LogP) is 5.23. The fraction of sp³-hybridized carbons (Fsp3) is 0.435. The van der Waals surface area contributed by atoms with Crippen molar-refractivity contribution in [2.24, 2.45) is 0 Å². The molecule has 0 unspecified atom stereocenters. The van der Waals surface area contributed by atoms with Crippen LogP contribution in [0.2, 0.25) is 0 Å². The summed E-state index contributed by atoms with van der Waals surface area (Å²) in [4.78, 5) is 4.50. The molecule has 2 aromatic carbocycles. The second-order valence-corrected chi connectivity index (χ2v) is 11.1. The molecule has 1 fully saturated rings. The molecule has 0 spiro atoms. The van der Waals surface area contributed by atoms with Gasteiger partial charge in [0.2, 0.25) is 15.8 Å². The first-order chi connectivity index (χ1) is 17.1. The highest BCUT2D eigenvalue weighted by molar-refractivity contribution is 7.98. The molecule has 0 amide bonds. The molecule has 196 valence electrons. The predicted molar refractivity (Wildman–Crippen MR) is 125 cm³/mol. The van der Waals surface area contributed by atoms with E-state index in [2.05, 4.69) is 4.98 Å². The lowest BCUT2D eigenvalue weighted by molar-refractivity contribution is 0.0960. The van der Waals surface area contributed by atoms with Crippen LogP contribution in [0.1, 0.15) is 32.3 Å². The van der Waals surface area contributed by atoms with Crippen LogP contribution in [-0.2, 0) is 27.1 Å². The Balaban J connectivity index is 1.75. The molecule has 36 heavy (non-hydrogen) atoms. The third-order valence-corrected chi connectivity index (χ3v) is 9.13. The first kappa shape index (κ1) is 26.8. The number of nitrogens with zero attached hydrogens (tertiary/aromatic N) is 3. The normalized spacial score (nSPS) is 16.5. The summed E-state index contributed by atoms with van der Waals surface area (Å²) in [6.07, 6.45) is 1.47. The van der Waals surface area contributed by atoms with E-state index in [4.69, 9.17) is 4.74 Å². The van der Waals surface area contributed by atoms with Crippen molar-refractivity contribution >= 4 is 32.8 Å². The van der Waals surface area contributed by atoms with Crippen LogP contribution in [0.3, 0.4) is 0 Å². The highest BCUT2D eigenvalue weighted by Crippen LogP contribution is 2.33. The van der Waals surface area contributed by atoms with Crippen LogP contribution < -0.4 is 0 Å². The van der Waals surface area contributed by atoms with Gasteiger partial charge in [-0.1, -0.05) is 25.6 Å². The average molecular weight is 550 g/mol. The fourth-order valence-corrected chi connectivity index (χ4v) is 6.65. The van der Waals surface area contributed by atoms with Gasteiger partial charge in [0.05, 0.1) is 28.6 Å². The first-order valence-electron chi connectivity index (χ1n) is 11.3. The number of halogens is 5. The topological polar surface area (TPSA) is 64.4 Å². The number of fused-ring (bicyclic) bond motifs is 1. The van der Waals surface area contributed by atoms with Crippen molar-refractivity contribution in [3.8, 4) is 0 Å². The summed E-state index contributed by atoms with van der Waals surface area (Å²) in [7, 11) is -3.76. The van der Waals surface area contributed by atoms with Gasteiger partial charge in [0, 0.05) is 31.0 Å². The highest BCUT2D eigenvalue weighted by Gasteiger charge is 2.28. The van der Waals surface area contributed by atoms with Gasteiger partial charge in [-0.15, -0.1) is 0 Å². The summed E-state index contributed by atoms with van der Waals surface area (Å²) in [5.41, 5.74) is -0.0815. The van der Waals surface area contributed by atoms with E-state index >= 15 is 0 Å². The lowest BCUT2D eigenvalue weighted by atomic mass is 10.2. The van der Waals surface area contributed by atoms with Crippen LogP contribution >= 0.6 is 11.8 Å². The zero-order chi connectivity index (χ0) is 26.2. The van der Waals surface area contributed by atoms with E-state index in [1.165, 1.54) is 16.4 Å². The van der Waals surface area contributed by atoms with Gasteiger partial charge >= 0.3 is 0 Å². The van der Waals surface area contributed by atoms with Gasteiger partial charge in [0.25, 0.3) is 0 Å². The van der Waals surface area contributed by atoms with E-state index in [9.17, 15) is 30.4 Å². The molecule has 0 aliphatic carbocycles. The third kappa shape index (κ3) is 4.85. The summed E-state index contributed by atoms with van der Waals surface area (Å²) in [5.74, 6) is -10.6. The van der Waals surface area contributed by atoms with Gasteiger partial charge in [-0.25, -0.2) is 35.4 Å². The number of ether oxygens (including phenoxy) is 1. The maximum atomic E-state index is 14.2. The van der Waals surface area contributed by atoms with E-state index in [0.29, 0.717) is 24.2 Å². The van der Waals surface area contributed by atoms with E-state index in [0.717, 1.165) is 24.6 Å². The van der Waals surface area contributed by atoms with Gasteiger partial charge in [0.15, 0.2) is 28.4 Å². The molecule has 0 bridgehead atoms. The Hall–Kier alpha value is -2.22. The Morgan fingerprint density at radius 3 is 2.28 bits per heavy atom. The largest absolute Gasteiger partial charge is 0.376 e. The average Bonchev–Trinajstić information content (AvgIpc) is 3.50. The monoisotopic (exact) mass is 549 g/mol. The van der Waals surface area contributed by atoms with E-state index in [1.807, 2.05) is 0 Å². The quantitative estimate of drug-likeness (QED) is 0.158. The highest BCUT2D eigenvalue weighted by atomic mass is 32.2. The molecule has 1 saturated heterocycles. The number of rotatable bonds is 9. The lowest BCUT2D eigenvalue weighted by Crippen LogP contribution is -2.30. The maximum Gasteiger partial charge on any atom is 0.243 e.